The second kappa shape index (κ2) is 31.4. The van der Waals surface area contributed by atoms with Crippen LogP contribution in [0.15, 0.2) is 0 Å². The van der Waals surface area contributed by atoms with Crippen molar-refractivity contribution < 1.29 is 88.2 Å². The summed E-state index contributed by atoms with van der Waals surface area (Å²) in [5, 5.41) is 78.0. The third-order valence-electron chi connectivity index (χ3n) is 9.80. The van der Waals surface area contributed by atoms with E-state index in [0.717, 1.165) is 20.8 Å². The Labute approximate surface area is 395 Å². The summed E-state index contributed by atoms with van der Waals surface area (Å²) in [6.45, 7) is 3.99. The first-order chi connectivity index (χ1) is 32.1. The molecule has 0 bridgehead atoms. The summed E-state index contributed by atoms with van der Waals surface area (Å²) in [5.41, 5.74) is 16.6. The summed E-state index contributed by atoms with van der Waals surface area (Å²) < 4.78 is 0. The summed E-state index contributed by atoms with van der Waals surface area (Å²) in [5.74, 6) is -14.8. The van der Waals surface area contributed by atoms with Crippen molar-refractivity contribution in [3.8, 4) is 0 Å². The molecule has 0 unspecified atom stereocenters. The lowest BCUT2D eigenvalue weighted by molar-refractivity contribution is -0.142. The quantitative estimate of drug-likeness (QED) is 0.0272. The van der Waals surface area contributed by atoms with Gasteiger partial charge in [-0.05, 0) is 58.9 Å². The van der Waals surface area contributed by atoms with Crippen LogP contribution >= 0.6 is 0 Å². The number of primary amides is 1. The molecule has 69 heavy (non-hydrogen) atoms. The standard InChI is InChI=1S/C39H68N12O18/c1-16(2)28(41)37(67)45-20(8-6-7-11-40)33(63)43-13-24(56)49-30(18(4)54)38(68)46-21(9-10-26(58)59)35(65)47-22(12-27(60)61)36(66)48-23(15-52)34(64)44-14-25(57)50-31(19(5)55)39(69)51-29(17(3)53)32(42)62/h16-23,28-31,52-55H,6-15,40-41H2,1-5H3,(H2,42,62)(H,43,63)(H,44,64)(H,45,67)(H,46,68)(H,47,65)(H,48,66)(H,49,56)(H,50,57)(H,51,69)(H,58,59)(H,60,61)/t17-,18-,19-,20+,21+,22+,23+,28+,29+,30+,31+/m1/s1. The number of carboxylic acid groups (broad SMARTS) is 2. The van der Waals surface area contributed by atoms with Crippen LogP contribution in [-0.4, -0.2) is 195 Å². The summed E-state index contributed by atoms with van der Waals surface area (Å²) in [6.07, 6.45) is -6.45. The van der Waals surface area contributed by atoms with Crippen LogP contribution in [0.3, 0.4) is 0 Å². The normalized spacial score (nSPS) is 15.8. The average Bonchev–Trinajstić information content (AvgIpc) is 3.25. The molecular weight excluding hydrogens is 924 g/mol. The van der Waals surface area contributed by atoms with E-state index >= 15 is 0 Å². The number of aliphatic carboxylic acids is 2. The molecule has 10 amide bonds. The largest absolute Gasteiger partial charge is 0.481 e. The van der Waals surface area contributed by atoms with E-state index in [-0.39, 0.29) is 12.3 Å². The van der Waals surface area contributed by atoms with Crippen LogP contribution in [0.5, 0.6) is 0 Å². The zero-order valence-corrected chi connectivity index (χ0v) is 38.8. The van der Waals surface area contributed by atoms with Gasteiger partial charge in [-0.15, -0.1) is 0 Å². The highest BCUT2D eigenvalue weighted by atomic mass is 16.4. The first kappa shape index (κ1) is 62.4. The molecular formula is C39H68N12O18. The van der Waals surface area contributed by atoms with Gasteiger partial charge in [0.25, 0.3) is 0 Å². The Bertz CT molecular complexity index is 1820. The number of nitrogens with one attached hydrogen (secondary N) is 9. The van der Waals surface area contributed by atoms with Crippen LogP contribution in [0.1, 0.15) is 73.1 Å². The monoisotopic (exact) mass is 992 g/mol. The second-order valence-corrected chi connectivity index (χ2v) is 16.1. The van der Waals surface area contributed by atoms with Crippen LogP contribution in [0.2, 0.25) is 0 Å². The molecule has 0 fully saturated rings. The number of hydrogen-bond acceptors (Lipinski definition) is 18. The molecule has 21 N–H and O–H groups in total. The fourth-order valence-electron chi connectivity index (χ4n) is 5.77. The highest BCUT2D eigenvalue weighted by Crippen LogP contribution is 2.07. The number of carbonyl (C=O) groups excluding carboxylic acids is 10. The second-order valence-electron chi connectivity index (χ2n) is 16.1. The lowest BCUT2D eigenvalue weighted by Gasteiger charge is -2.26. The predicted molar refractivity (Wildman–Crippen MR) is 236 cm³/mol. The molecule has 30 nitrogen and oxygen atoms in total. The lowest BCUT2D eigenvalue weighted by Crippen LogP contribution is -2.61. The minimum atomic E-state index is -2.10. The van der Waals surface area contributed by atoms with Crippen molar-refractivity contribution in [2.24, 2.45) is 23.1 Å². The fourth-order valence-corrected chi connectivity index (χ4v) is 5.77. The third kappa shape index (κ3) is 23.8. The van der Waals surface area contributed by atoms with Crippen LogP contribution in [0.25, 0.3) is 0 Å². The number of hydrogen-bond donors (Lipinski definition) is 18. The molecule has 0 aliphatic carbocycles. The summed E-state index contributed by atoms with van der Waals surface area (Å²) in [6, 6.07) is -13.3. The number of aliphatic hydroxyl groups excluding tert-OH is 4. The topological polar surface area (TPSA) is 513 Å². The molecule has 0 rings (SSSR count). The zero-order chi connectivity index (χ0) is 53.3. The Kier molecular flexibility index (Phi) is 28.4. The van der Waals surface area contributed by atoms with Gasteiger partial charge in [-0.3, -0.25) is 57.5 Å². The van der Waals surface area contributed by atoms with Crippen LogP contribution in [-0.2, 0) is 57.5 Å². The maximum Gasteiger partial charge on any atom is 0.305 e. The smallest absolute Gasteiger partial charge is 0.305 e. The van der Waals surface area contributed by atoms with Gasteiger partial charge in [-0.1, -0.05) is 13.8 Å². The molecule has 0 saturated carbocycles. The minimum Gasteiger partial charge on any atom is -0.481 e. The van der Waals surface area contributed by atoms with Crippen molar-refractivity contribution in [1.29, 1.82) is 0 Å². The van der Waals surface area contributed by atoms with Gasteiger partial charge < -0.3 is 95.7 Å². The van der Waals surface area contributed by atoms with E-state index in [0.29, 0.717) is 19.4 Å². The summed E-state index contributed by atoms with van der Waals surface area (Å²) in [4.78, 5) is 151. The van der Waals surface area contributed by atoms with E-state index in [2.05, 4.69) is 26.6 Å². The summed E-state index contributed by atoms with van der Waals surface area (Å²) >= 11 is 0. The van der Waals surface area contributed by atoms with E-state index in [9.17, 15) is 88.2 Å². The van der Waals surface area contributed by atoms with E-state index in [1.165, 1.54) is 0 Å². The average molecular weight is 993 g/mol. The molecule has 11 atom stereocenters. The number of rotatable bonds is 33. The van der Waals surface area contributed by atoms with Gasteiger partial charge in [-0.2, -0.15) is 0 Å². The van der Waals surface area contributed by atoms with Gasteiger partial charge in [-0.25, -0.2) is 0 Å². The zero-order valence-electron chi connectivity index (χ0n) is 38.8. The van der Waals surface area contributed by atoms with E-state index in [4.69, 9.17) is 17.2 Å². The fraction of sp³-hybridized carbons (Fsp3) is 0.692. The third-order valence-corrected chi connectivity index (χ3v) is 9.80. The SMILES string of the molecule is CC(C)[C@H](N)C(=O)N[C@@H](CCCCN)C(=O)NCC(=O)N[C@H](C(=O)N[C@@H](CCC(=O)O)C(=O)N[C@@H](CC(=O)O)C(=O)N[C@@H](CO)C(=O)NCC(=O)N[C@H](C(=O)N[C@H](C(N)=O)[C@@H](C)O)[C@@H](C)O)[C@@H](C)O. The maximum absolute atomic E-state index is 13.5. The Morgan fingerprint density at radius 3 is 1.33 bits per heavy atom. The number of carbonyl (C=O) groups is 12. The number of carboxylic acids is 2. The molecule has 0 radical (unpaired) electrons. The molecule has 0 aliphatic heterocycles. The minimum absolute atomic E-state index is 0.124. The molecule has 0 saturated heterocycles. The van der Waals surface area contributed by atoms with Crippen molar-refractivity contribution in [2.75, 3.05) is 26.2 Å². The van der Waals surface area contributed by atoms with E-state index in [1.54, 1.807) is 13.8 Å². The van der Waals surface area contributed by atoms with Crippen molar-refractivity contribution in [1.82, 2.24) is 47.9 Å². The van der Waals surface area contributed by atoms with Crippen LogP contribution < -0.4 is 65.1 Å². The Morgan fingerprint density at radius 2 is 0.913 bits per heavy atom. The van der Waals surface area contributed by atoms with Gasteiger partial charge in [0.05, 0.1) is 50.5 Å². The van der Waals surface area contributed by atoms with Crippen molar-refractivity contribution in [3.05, 3.63) is 0 Å². The van der Waals surface area contributed by atoms with Gasteiger partial charge in [0.2, 0.25) is 59.1 Å². The van der Waals surface area contributed by atoms with Gasteiger partial charge in [0.1, 0.15) is 42.3 Å². The van der Waals surface area contributed by atoms with E-state index < -0.39 is 177 Å². The predicted octanol–water partition coefficient (Wildman–Crippen LogP) is -9.32. The number of amides is 10. The van der Waals surface area contributed by atoms with E-state index in [1.807, 2.05) is 21.3 Å². The Balaban J connectivity index is 6.00. The molecule has 0 aromatic carbocycles. The number of unbranched alkanes of at least 4 members (excludes halogenated alkanes) is 1. The van der Waals surface area contributed by atoms with Crippen molar-refractivity contribution >= 4 is 71.0 Å². The van der Waals surface area contributed by atoms with Gasteiger partial charge in [0, 0.05) is 6.42 Å². The van der Waals surface area contributed by atoms with Gasteiger partial charge >= 0.3 is 11.9 Å². The lowest BCUT2D eigenvalue weighted by atomic mass is 10.0. The van der Waals surface area contributed by atoms with Crippen molar-refractivity contribution in [2.45, 2.75) is 140 Å². The molecule has 0 spiro atoms. The molecule has 0 aliphatic rings. The number of aliphatic hydroxyl groups is 4. The van der Waals surface area contributed by atoms with Crippen LogP contribution in [0.4, 0.5) is 0 Å². The molecule has 0 heterocycles. The molecule has 0 aromatic heterocycles. The van der Waals surface area contributed by atoms with Crippen LogP contribution in [0, 0.1) is 5.92 Å². The maximum atomic E-state index is 13.5. The molecule has 0 aromatic rings. The first-order valence-electron chi connectivity index (χ1n) is 21.6. The molecule has 392 valence electrons. The Hall–Kier alpha value is -6.60. The van der Waals surface area contributed by atoms with Gasteiger partial charge in [0.15, 0.2) is 0 Å². The van der Waals surface area contributed by atoms with Crippen molar-refractivity contribution in [3.63, 3.8) is 0 Å². The number of nitrogens with two attached hydrogens (primary N) is 3. The summed E-state index contributed by atoms with van der Waals surface area (Å²) in [7, 11) is 0. The first-order valence-corrected chi connectivity index (χ1v) is 21.6. The Morgan fingerprint density at radius 1 is 0.493 bits per heavy atom. The highest BCUT2D eigenvalue weighted by molar-refractivity contribution is 5.98. The highest BCUT2D eigenvalue weighted by Gasteiger charge is 2.35. The molecule has 30 heteroatoms.